The average molecular weight is 903 g/mol. The molecule has 4 heterocycles. The molecule has 3 amide bonds. The van der Waals surface area contributed by atoms with Gasteiger partial charge in [-0.3, -0.25) is 19.3 Å². The van der Waals surface area contributed by atoms with E-state index in [1.807, 2.05) is 74.5 Å². The molecule has 4 aliphatic rings. The summed E-state index contributed by atoms with van der Waals surface area (Å²) in [6.45, 7) is 15.6. The molecule has 1 unspecified atom stereocenters. The van der Waals surface area contributed by atoms with Crippen LogP contribution in [0, 0.1) is 11.8 Å². The SMILES string of the molecule is CC(C)C[C@H](C(=O)OCc1ccccc1)N1C(=O)[C@@]2(CCCN2C(=O)OC(C)(C)C)CC1O.CC(C)C[C@H](C(=O)OCc1ccccc1)N1CC[C@]2(CCCN2)C1=O.O=CC(F)(F)F. The molecule has 0 saturated carbocycles. The van der Waals surface area contributed by atoms with Crippen molar-refractivity contribution in [3.63, 3.8) is 0 Å². The predicted octanol–water partition coefficient (Wildman–Crippen LogP) is 6.71. The van der Waals surface area contributed by atoms with Crippen molar-refractivity contribution in [2.24, 2.45) is 11.8 Å². The van der Waals surface area contributed by atoms with Crippen LogP contribution in [0.15, 0.2) is 60.7 Å². The molecule has 5 atom stereocenters. The van der Waals surface area contributed by atoms with Crippen LogP contribution >= 0.6 is 0 Å². The maximum atomic E-state index is 13.7. The molecule has 0 aromatic heterocycles. The molecule has 64 heavy (non-hydrogen) atoms. The Balaban J connectivity index is 0.000000256. The zero-order valence-corrected chi connectivity index (χ0v) is 38.0. The molecule has 4 aliphatic heterocycles. The van der Waals surface area contributed by atoms with Crippen LogP contribution in [0.3, 0.4) is 0 Å². The third kappa shape index (κ3) is 13.7. The molecular formula is C47H65F3N4O10. The highest BCUT2D eigenvalue weighted by atomic mass is 19.4. The van der Waals surface area contributed by atoms with Crippen LogP contribution in [0.4, 0.5) is 18.0 Å². The van der Waals surface area contributed by atoms with Crippen LogP contribution < -0.4 is 5.32 Å². The first kappa shape index (κ1) is 51.6. The van der Waals surface area contributed by atoms with E-state index in [0.717, 1.165) is 36.9 Å². The average Bonchev–Trinajstić information content (AvgIpc) is 4.02. The first-order valence-corrected chi connectivity index (χ1v) is 22.0. The number of benzene rings is 2. The highest BCUT2D eigenvalue weighted by Crippen LogP contribution is 2.43. The second-order valence-electron chi connectivity index (χ2n) is 18.7. The summed E-state index contributed by atoms with van der Waals surface area (Å²) in [4.78, 5) is 78.6. The fourth-order valence-corrected chi connectivity index (χ4v) is 8.62. The van der Waals surface area contributed by atoms with E-state index >= 15 is 0 Å². The number of esters is 2. The van der Waals surface area contributed by atoms with Crippen LogP contribution in [-0.4, -0.2) is 117 Å². The van der Waals surface area contributed by atoms with Crippen molar-refractivity contribution in [2.45, 2.75) is 154 Å². The number of likely N-dealkylation sites (tertiary alicyclic amines) is 3. The van der Waals surface area contributed by atoms with Gasteiger partial charge in [-0.05, 0) is 95.2 Å². The van der Waals surface area contributed by atoms with Crippen molar-refractivity contribution < 1.29 is 61.3 Å². The maximum absolute atomic E-state index is 13.7. The molecular weight excluding hydrogens is 838 g/mol. The summed E-state index contributed by atoms with van der Waals surface area (Å²) in [5.74, 6) is -0.788. The number of aliphatic hydroxyl groups is 1. The van der Waals surface area contributed by atoms with Crippen LogP contribution in [0.25, 0.3) is 0 Å². The van der Waals surface area contributed by atoms with Crippen molar-refractivity contribution in [3.8, 4) is 0 Å². The fraction of sp³-hybridized carbons (Fsp3) is 0.617. The molecule has 14 nitrogen and oxygen atoms in total. The number of ether oxygens (including phenoxy) is 3. The Morgan fingerprint density at radius 1 is 0.797 bits per heavy atom. The fourth-order valence-electron chi connectivity index (χ4n) is 8.62. The summed E-state index contributed by atoms with van der Waals surface area (Å²) < 4.78 is 47.9. The van der Waals surface area contributed by atoms with Crippen LogP contribution in [0.1, 0.15) is 111 Å². The summed E-state index contributed by atoms with van der Waals surface area (Å²) >= 11 is 0. The number of halogens is 3. The van der Waals surface area contributed by atoms with Gasteiger partial charge in [-0.1, -0.05) is 88.4 Å². The van der Waals surface area contributed by atoms with Gasteiger partial charge >= 0.3 is 24.2 Å². The monoisotopic (exact) mass is 902 g/mol. The lowest BCUT2D eigenvalue weighted by atomic mass is 9.94. The Morgan fingerprint density at radius 3 is 1.78 bits per heavy atom. The second-order valence-corrected chi connectivity index (χ2v) is 18.7. The molecule has 0 radical (unpaired) electrons. The Labute approximate surface area is 374 Å². The first-order chi connectivity index (χ1) is 30.0. The number of alkyl halides is 3. The van der Waals surface area contributed by atoms with Gasteiger partial charge in [-0.2, -0.15) is 13.2 Å². The van der Waals surface area contributed by atoms with Crippen LogP contribution in [0.5, 0.6) is 0 Å². The van der Waals surface area contributed by atoms with Crippen molar-refractivity contribution in [1.82, 2.24) is 20.0 Å². The summed E-state index contributed by atoms with van der Waals surface area (Å²) in [5, 5.41) is 14.3. The van der Waals surface area contributed by atoms with Crippen molar-refractivity contribution in [3.05, 3.63) is 71.8 Å². The van der Waals surface area contributed by atoms with E-state index in [-0.39, 0.29) is 37.4 Å². The van der Waals surface area contributed by atoms with Gasteiger partial charge in [0.25, 0.3) is 5.91 Å². The van der Waals surface area contributed by atoms with Crippen molar-refractivity contribution in [1.29, 1.82) is 0 Å². The Bertz CT molecular complexity index is 1890. The number of carbonyl (C=O) groups is 6. The van der Waals surface area contributed by atoms with Gasteiger partial charge < -0.3 is 34.4 Å². The summed E-state index contributed by atoms with van der Waals surface area (Å²) in [7, 11) is 0. The molecule has 354 valence electrons. The third-order valence-corrected chi connectivity index (χ3v) is 11.5. The lowest BCUT2D eigenvalue weighted by molar-refractivity contribution is -0.162. The number of nitrogens with zero attached hydrogens (tertiary/aromatic N) is 3. The van der Waals surface area contributed by atoms with Gasteiger partial charge in [0.15, 0.2) is 0 Å². The highest BCUT2D eigenvalue weighted by molar-refractivity contribution is 5.96. The Hall–Kier alpha value is -5.03. The van der Waals surface area contributed by atoms with Gasteiger partial charge in [0, 0.05) is 19.5 Å². The summed E-state index contributed by atoms with van der Waals surface area (Å²) in [6, 6.07) is 17.5. The number of aldehydes is 1. The topological polar surface area (TPSA) is 172 Å². The molecule has 6 rings (SSSR count). The molecule has 17 heteroatoms. The van der Waals surface area contributed by atoms with E-state index in [2.05, 4.69) is 19.2 Å². The quantitative estimate of drug-likeness (QED) is 0.132. The maximum Gasteiger partial charge on any atom is 0.446 e. The molecule has 4 saturated heterocycles. The number of aliphatic hydroxyl groups excluding tert-OH is 1. The molecule has 4 fully saturated rings. The number of carbonyl (C=O) groups excluding carboxylic acids is 6. The number of hydrogen-bond donors (Lipinski definition) is 2. The lowest BCUT2D eigenvalue weighted by Crippen LogP contribution is -2.56. The molecule has 0 bridgehead atoms. The van der Waals surface area contributed by atoms with E-state index in [0.29, 0.717) is 44.7 Å². The van der Waals surface area contributed by atoms with Crippen LogP contribution in [0.2, 0.25) is 0 Å². The van der Waals surface area contributed by atoms with E-state index in [9.17, 15) is 42.3 Å². The minimum absolute atomic E-state index is 0.0473. The zero-order chi connectivity index (χ0) is 47.5. The minimum Gasteiger partial charge on any atom is -0.459 e. The van der Waals surface area contributed by atoms with Crippen molar-refractivity contribution >= 4 is 36.1 Å². The lowest BCUT2D eigenvalue weighted by Gasteiger charge is -2.35. The number of hydrogen-bond acceptors (Lipinski definition) is 11. The van der Waals surface area contributed by atoms with Gasteiger partial charge in [0.2, 0.25) is 12.2 Å². The standard InChI is InChI=1S/C25H36N2O6.C20H28N2O3.C2HF3O/c1-17(2)14-19(21(29)32-16-18-10-7-6-8-11-18)27-20(28)15-25(22(27)30)12-9-13-26(25)23(31)33-24(3,4)5;1-15(2)13-17(18(23)25-14-16-7-4-3-5-8-16)22-12-10-20(19(22)24)9-6-11-21-20;3-2(4,5)1-6/h6-8,10-11,17,19-20,28H,9,12-16H2,1-5H3;3-5,7-8,15,17,21H,6,9-14H2,1-2H3;1H/t19-,20?,25-;17-,20-;/m11./s1. The Morgan fingerprint density at radius 2 is 1.31 bits per heavy atom. The number of amides is 3. The zero-order valence-electron chi connectivity index (χ0n) is 38.0. The molecule has 2 spiro atoms. The van der Waals surface area contributed by atoms with E-state index < -0.39 is 65.4 Å². The van der Waals surface area contributed by atoms with Gasteiger partial charge in [0.05, 0.1) is 5.54 Å². The minimum atomic E-state index is -4.64. The Kier molecular flexibility index (Phi) is 17.9. The van der Waals surface area contributed by atoms with E-state index in [1.54, 1.807) is 25.7 Å². The normalized spacial score (nSPS) is 22.9. The summed E-state index contributed by atoms with van der Waals surface area (Å²) in [5.41, 5.74) is -0.542. The smallest absolute Gasteiger partial charge is 0.446 e. The molecule has 0 aliphatic carbocycles. The molecule has 2 N–H and O–H groups in total. The van der Waals surface area contributed by atoms with Crippen molar-refractivity contribution in [2.75, 3.05) is 19.6 Å². The third-order valence-electron chi connectivity index (χ3n) is 11.5. The van der Waals surface area contributed by atoms with Gasteiger partial charge in [0.1, 0.15) is 42.7 Å². The predicted molar refractivity (Wildman–Crippen MR) is 230 cm³/mol. The second kappa shape index (κ2) is 22.2. The van der Waals surface area contributed by atoms with Crippen LogP contribution in [-0.2, 0) is 51.4 Å². The number of rotatable bonds is 12. The molecule has 2 aromatic carbocycles. The van der Waals surface area contributed by atoms with E-state index in [1.165, 1.54) is 9.80 Å². The summed E-state index contributed by atoms with van der Waals surface area (Å²) in [6.07, 6.45) is -2.71. The first-order valence-electron chi connectivity index (χ1n) is 22.0. The molecule has 2 aromatic rings. The van der Waals surface area contributed by atoms with E-state index in [4.69, 9.17) is 19.0 Å². The van der Waals surface area contributed by atoms with Gasteiger partial charge in [-0.15, -0.1) is 0 Å². The largest absolute Gasteiger partial charge is 0.459 e. The number of nitrogens with one attached hydrogen (secondary N) is 1. The van der Waals surface area contributed by atoms with Gasteiger partial charge in [-0.25, -0.2) is 14.4 Å². The highest BCUT2D eigenvalue weighted by Gasteiger charge is 2.61.